The molecule has 2 aromatic heterocycles. The third-order valence-corrected chi connectivity index (χ3v) is 6.46. The fourth-order valence-electron chi connectivity index (χ4n) is 4.58. The molecule has 1 aliphatic rings. The molecule has 0 radical (unpaired) electrons. The van der Waals surface area contributed by atoms with Crippen LogP contribution in [0.15, 0.2) is 71.3 Å². The SMILES string of the molecule is Cc1ccc(Cn2c(C(=O)N3CCN(C(=O)c4ccccc4F)C(C)C3)cc3ccoc32)cc1. The molecule has 2 amide bonds. The summed E-state index contributed by atoms with van der Waals surface area (Å²) in [5, 5.41) is 0.872. The third kappa shape index (κ3) is 3.98. The minimum absolute atomic E-state index is 0.0569. The number of rotatable bonds is 4. The first-order chi connectivity index (χ1) is 16.4. The Kier molecular flexibility index (Phi) is 5.69. The Labute approximate surface area is 197 Å². The maximum atomic E-state index is 14.1. The van der Waals surface area contributed by atoms with Crippen LogP contribution in [0.5, 0.6) is 0 Å². The topological polar surface area (TPSA) is 58.7 Å². The van der Waals surface area contributed by atoms with E-state index in [4.69, 9.17) is 4.42 Å². The van der Waals surface area contributed by atoms with Crippen LogP contribution in [0.4, 0.5) is 4.39 Å². The molecule has 1 atom stereocenters. The maximum Gasteiger partial charge on any atom is 0.270 e. The monoisotopic (exact) mass is 459 g/mol. The molecule has 0 saturated carbocycles. The highest BCUT2D eigenvalue weighted by atomic mass is 19.1. The summed E-state index contributed by atoms with van der Waals surface area (Å²) in [6.45, 7) is 5.53. The lowest BCUT2D eigenvalue weighted by Crippen LogP contribution is -2.55. The number of carbonyl (C=O) groups excluding carboxylic acids is 2. The molecule has 0 aliphatic carbocycles. The van der Waals surface area contributed by atoms with Gasteiger partial charge in [0.2, 0.25) is 5.71 Å². The number of carbonyl (C=O) groups is 2. The van der Waals surface area contributed by atoms with Gasteiger partial charge in [-0.05, 0) is 43.7 Å². The minimum Gasteiger partial charge on any atom is -0.448 e. The first kappa shape index (κ1) is 21.9. The number of furan rings is 1. The van der Waals surface area contributed by atoms with E-state index in [0.717, 1.165) is 10.9 Å². The summed E-state index contributed by atoms with van der Waals surface area (Å²) < 4.78 is 21.7. The van der Waals surface area contributed by atoms with E-state index in [2.05, 4.69) is 0 Å². The zero-order valence-electron chi connectivity index (χ0n) is 19.2. The number of fused-ring (bicyclic) bond motifs is 1. The average molecular weight is 460 g/mol. The number of aryl methyl sites for hydroxylation is 1. The van der Waals surface area contributed by atoms with Crippen LogP contribution in [0.1, 0.15) is 38.9 Å². The molecule has 1 saturated heterocycles. The lowest BCUT2D eigenvalue weighted by atomic mass is 10.1. The van der Waals surface area contributed by atoms with E-state index in [0.29, 0.717) is 37.6 Å². The van der Waals surface area contributed by atoms with Gasteiger partial charge < -0.3 is 18.8 Å². The van der Waals surface area contributed by atoms with Crippen LogP contribution in [0.3, 0.4) is 0 Å². The summed E-state index contributed by atoms with van der Waals surface area (Å²) in [4.78, 5) is 29.9. The van der Waals surface area contributed by atoms with Gasteiger partial charge in [0.05, 0.1) is 18.4 Å². The van der Waals surface area contributed by atoms with Crippen molar-refractivity contribution in [1.29, 1.82) is 0 Å². The summed E-state index contributed by atoms with van der Waals surface area (Å²) in [5.74, 6) is -0.990. The van der Waals surface area contributed by atoms with Crippen LogP contribution in [0.25, 0.3) is 11.1 Å². The van der Waals surface area contributed by atoms with Gasteiger partial charge in [-0.15, -0.1) is 0 Å². The van der Waals surface area contributed by atoms with E-state index < -0.39 is 5.82 Å². The van der Waals surface area contributed by atoms with E-state index in [1.807, 2.05) is 54.8 Å². The Balaban J connectivity index is 1.37. The third-order valence-electron chi connectivity index (χ3n) is 6.46. The van der Waals surface area contributed by atoms with Gasteiger partial charge in [-0.2, -0.15) is 0 Å². The summed E-state index contributed by atoms with van der Waals surface area (Å²) in [6.07, 6.45) is 1.62. The van der Waals surface area contributed by atoms with Crippen LogP contribution in [-0.2, 0) is 6.54 Å². The second-order valence-corrected chi connectivity index (χ2v) is 8.86. The minimum atomic E-state index is -0.533. The average Bonchev–Trinajstić information content (AvgIpc) is 3.42. The molecule has 4 aromatic rings. The molecule has 1 aliphatic heterocycles. The first-order valence-electron chi connectivity index (χ1n) is 11.4. The molecule has 3 heterocycles. The molecular formula is C27H26FN3O3. The number of aromatic nitrogens is 1. The van der Waals surface area contributed by atoms with E-state index in [1.165, 1.54) is 17.7 Å². The van der Waals surface area contributed by atoms with Gasteiger partial charge in [-0.25, -0.2) is 4.39 Å². The summed E-state index contributed by atoms with van der Waals surface area (Å²) in [5.41, 5.74) is 3.51. The van der Waals surface area contributed by atoms with E-state index in [1.54, 1.807) is 28.2 Å². The highest BCUT2D eigenvalue weighted by Gasteiger charge is 2.33. The fourth-order valence-corrected chi connectivity index (χ4v) is 4.58. The highest BCUT2D eigenvalue weighted by Crippen LogP contribution is 2.25. The van der Waals surface area contributed by atoms with Crippen molar-refractivity contribution in [2.24, 2.45) is 0 Å². The van der Waals surface area contributed by atoms with Crippen molar-refractivity contribution < 1.29 is 18.4 Å². The largest absolute Gasteiger partial charge is 0.448 e. The van der Waals surface area contributed by atoms with Crippen molar-refractivity contribution in [3.05, 3.63) is 95.1 Å². The molecule has 174 valence electrons. The van der Waals surface area contributed by atoms with Crippen LogP contribution >= 0.6 is 0 Å². The Morgan fingerprint density at radius 1 is 1.03 bits per heavy atom. The number of piperazine rings is 1. The number of halogens is 1. The molecule has 1 fully saturated rings. The smallest absolute Gasteiger partial charge is 0.270 e. The van der Waals surface area contributed by atoms with Gasteiger partial charge >= 0.3 is 0 Å². The standard InChI is InChI=1S/C27H26FN3O3/c1-18-7-9-20(10-8-18)17-31-24(15-21-11-14-34-27(21)31)26(33)29-12-13-30(19(2)16-29)25(32)22-5-3-4-6-23(22)28/h3-11,14-15,19H,12-13,16-17H2,1-2H3. The molecule has 34 heavy (non-hydrogen) atoms. The van der Waals surface area contributed by atoms with Crippen LogP contribution < -0.4 is 0 Å². The van der Waals surface area contributed by atoms with Crippen LogP contribution in [-0.4, -0.2) is 51.9 Å². The van der Waals surface area contributed by atoms with Gasteiger partial charge in [0, 0.05) is 31.1 Å². The number of nitrogens with zero attached hydrogens (tertiary/aromatic N) is 3. The lowest BCUT2D eigenvalue weighted by molar-refractivity contribution is 0.0406. The second-order valence-electron chi connectivity index (χ2n) is 8.86. The molecular weight excluding hydrogens is 433 g/mol. The molecule has 0 N–H and O–H groups in total. The molecule has 6 nitrogen and oxygen atoms in total. The Bertz CT molecular complexity index is 1360. The second kappa shape index (κ2) is 8.82. The molecule has 7 heteroatoms. The van der Waals surface area contributed by atoms with Gasteiger partial charge in [0.25, 0.3) is 11.8 Å². The van der Waals surface area contributed by atoms with Crippen molar-refractivity contribution in [3.63, 3.8) is 0 Å². The van der Waals surface area contributed by atoms with Crippen LogP contribution in [0.2, 0.25) is 0 Å². The van der Waals surface area contributed by atoms with Crippen molar-refractivity contribution in [2.75, 3.05) is 19.6 Å². The highest BCUT2D eigenvalue weighted by molar-refractivity contribution is 5.98. The molecule has 0 spiro atoms. The number of amides is 2. The maximum absolute atomic E-state index is 14.1. The normalized spacial score (nSPS) is 16.3. The zero-order chi connectivity index (χ0) is 23.8. The van der Waals surface area contributed by atoms with Gasteiger partial charge in [-0.3, -0.25) is 9.59 Å². The summed E-state index contributed by atoms with van der Waals surface area (Å²) in [6, 6.07) is 17.7. The Hall–Kier alpha value is -3.87. The predicted octanol–water partition coefficient (Wildman–Crippen LogP) is 4.72. The first-order valence-corrected chi connectivity index (χ1v) is 11.4. The Morgan fingerprint density at radius 3 is 2.53 bits per heavy atom. The number of hydrogen-bond donors (Lipinski definition) is 0. The fraction of sp³-hybridized carbons (Fsp3) is 0.259. The molecule has 1 unspecified atom stereocenters. The van der Waals surface area contributed by atoms with Gasteiger partial charge in [0.1, 0.15) is 11.5 Å². The molecule has 0 bridgehead atoms. The number of hydrogen-bond acceptors (Lipinski definition) is 3. The quantitative estimate of drug-likeness (QED) is 0.444. The Morgan fingerprint density at radius 2 is 1.79 bits per heavy atom. The lowest BCUT2D eigenvalue weighted by Gasteiger charge is -2.40. The van der Waals surface area contributed by atoms with E-state index in [9.17, 15) is 14.0 Å². The van der Waals surface area contributed by atoms with Crippen molar-refractivity contribution in [3.8, 4) is 0 Å². The van der Waals surface area contributed by atoms with Crippen LogP contribution in [0, 0.1) is 12.7 Å². The van der Waals surface area contributed by atoms with E-state index in [-0.39, 0.29) is 23.4 Å². The summed E-state index contributed by atoms with van der Waals surface area (Å²) in [7, 11) is 0. The molecule has 2 aromatic carbocycles. The summed E-state index contributed by atoms with van der Waals surface area (Å²) >= 11 is 0. The van der Waals surface area contributed by atoms with Gasteiger partial charge in [-0.1, -0.05) is 42.0 Å². The van der Waals surface area contributed by atoms with Crippen molar-refractivity contribution in [2.45, 2.75) is 26.4 Å². The predicted molar refractivity (Wildman–Crippen MR) is 127 cm³/mol. The van der Waals surface area contributed by atoms with Crippen molar-refractivity contribution in [1.82, 2.24) is 14.4 Å². The molecule has 5 rings (SSSR count). The number of benzene rings is 2. The van der Waals surface area contributed by atoms with E-state index >= 15 is 0 Å². The zero-order valence-corrected chi connectivity index (χ0v) is 19.2. The van der Waals surface area contributed by atoms with Crippen molar-refractivity contribution >= 4 is 22.9 Å². The van der Waals surface area contributed by atoms with Gasteiger partial charge in [0.15, 0.2) is 0 Å².